The maximum atomic E-state index is 5.52. The summed E-state index contributed by atoms with van der Waals surface area (Å²) in [6.45, 7) is 2.03. The van der Waals surface area contributed by atoms with Crippen LogP contribution < -0.4 is 11.3 Å². The highest BCUT2D eigenvalue weighted by Gasteiger charge is 2.49. The fourth-order valence-corrected chi connectivity index (χ4v) is 5.16. The molecule has 5 rings (SSSR count). The predicted molar refractivity (Wildman–Crippen MR) is 74.4 cm³/mol. The molecule has 0 saturated heterocycles. The Labute approximate surface area is 114 Å². The van der Waals surface area contributed by atoms with Crippen LogP contribution in [0.5, 0.6) is 0 Å². The minimum Gasteiger partial charge on any atom is -0.308 e. The van der Waals surface area contributed by atoms with E-state index >= 15 is 0 Å². The van der Waals surface area contributed by atoms with Crippen LogP contribution in [-0.2, 0) is 0 Å². The van der Waals surface area contributed by atoms with Gasteiger partial charge in [-0.15, -0.1) is 0 Å². The molecule has 4 saturated carbocycles. The maximum absolute atomic E-state index is 5.52. The van der Waals surface area contributed by atoms with E-state index in [0.29, 0.717) is 5.92 Å². The van der Waals surface area contributed by atoms with Crippen LogP contribution in [0.15, 0.2) is 6.07 Å². The SMILES string of the molecule is Cc1cc(NN)nc(C2C3CC4CC(C3)CC2C4)n1. The fraction of sp³-hybridized carbons (Fsp3) is 0.733. The number of nitrogens with zero attached hydrogens (tertiary/aromatic N) is 2. The Kier molecular flexibility index (Phi) is 2.56. The predicted octanol–water partition coefficient (Wildman–Crippen LogP) is 2.61. The van der Waals surface area contributed by atoms with Gasteiger partial charge in [-0.3, -0.25) is 0 Å². The molecule has 102 valence electrons. The lowest BCUT2D eigenvalue weighted by molar-refractivity contribution is -0.00565. The number of hydrogen-bond acceptors (Lipinski definition) is 4. The van der Waals surface area contributed by atoms with Crippen molar-refractivity contribution in [3.63, 3.8) is 0 Å². The van der Waals surface area contributed by atoms with Crippen LogP contribution >= 0.6 is 0 Å². The average molecular weight is 258 g/mol. The molecule has 4 nitrogen and oxygen atoms in total. The van der Waals surface area contributed by atoms with E-state index in [0.717, 1.165) is 41.0 Å². The van der Waals surface area contributed by atoms with E-state index in [-0.39, 0.29) is 0 Å². The molecule has 0 unspecified atom stereocenters. The second-order valence-electron chi connectivity index (χ2n) is 6.85. The lowest BCUT2D eigenvalue weighted by Gasteiger charge is -2.53. The summed E-state index contributed by atoms with van der Waals surface area (Å²) in [5.41, 5.74) is 3.70. The first kappa shape index (κ1) is 11.6. The number of rotatable bonds is 2. The number of aryl methyl sites for hydroxylation is 1. The molecule has 0 amide bonds. The first-order chi connectivity index (χ1) is 9.22. The van der Waals surface area contributed by atoms with Gasteiger partial charge in [0.15, 0.2) is 0 Å². The quantitative estimate of drug-likeness (QED) is 0.632. The van der Waals surface area contributed by atoms with Gasteiger partial charge in [-0.25, -0.2) is 15.8 Å². The van der Waals surface area contributed by atoms with Gasteiger partial charge >= 0.3 is 0 Å². The van der Waals surface area contributed by atoms with Crippen molar-refractivity contribution in [3.05, 3.63) is 17.6 Å². The number of anilines is 1. The van der Waals surface area contributed by atoms with Crippen molar-refractivity contribution in [2.24, 2.45) is 29.5 Å². The molecule has 4 bridgehead atoms. The third-order valence-electron chi connectivity index (χ3n) is 5.54. The van der Waals surface area contributed by atoms with E-state index < -0.39 is 0 Å². The molecule has 3 N–H and O–H groups in total. The van der Waals surface area contributed by atoms with E-state index in [1.54, 1.807) is 0 Å². The van der Waals surface area contributed by atoms with Crippen LogP contribution in [0.3, 0.4) is 0 Å². The number of hydrogen-bond donors (Lipinski definition) is 2. The van der Waals surface area contributed by atoms with Gasteiger partial charge in [-0.05, 0) is 62.7 Å². The molecular formula is C15H22N4. The van der Waals surface area contributed by atoms with Gasteiger partial charge < -0.3 is 5.43 Å². The Morgan fingerprint density at radius 3 is 2.26 bits per heavy atom. The molecule has 0 spiro atoms. The summed E-state index contributed by atoms with van der Waals surface area (Å²) in [4.78, 5) is 9.37. The molecule has 1 heterocycles. The summed E-state index contributed by atoms with van der Waals surface area (Å²) in [6.07, 6.45) is 7.10. The Balaban J connectivity index is 1.70. The Morgan fingerprint density at radius 1 is 1.05 bits per heavy atom. The number of nitrogens with two attached hydrogens (primary N) is 1. The van der Waals surface area contributed by atoms with Crippen molar-refractivity contribution in [1.82, 2.24) is 9.97 Å². The van der Waals surface area contributed by atoms with E-state index in [9.17, 15) is 0 Å². The van der Waals surface area contributed by atoms with Gasteiger partial charge in [0.05, 0.1) is 0 Å². The molecule has 0 atom stereocenters. The normalized spacial score (nSPS) is 39.6. The molecule has 4 aliphatic rings. The van der Waals surface area contributed by atoms with Gasteiger partial charge in [-0.2, -0.15) is 0 Å². The summed E-state index contributed by atoms with van der Waals surface area (Å²) >= 11 is 0. The Hall–Kier alpha value is -1.16. The van der Waals surface area contributed by atoms with E-state index in [4.69, 9.17) is 10.8 Å². The van der Waals surface area contributed by atoms with Gasteiger partial charge in [0.25, 0.3) is 0 Å². The van der Waals surface area contributed by atoms with Crippen LogP contribution in [0.2, 0.25) is 0 Å². The van der Waals surface area contributed by atoms with E-state index in [2.05, 4.69) is 10.4 Å². The number of hydrazine groups is 1. The molecule has 0 aromatic carbocycles. The lowest BCUT2D eigenvalue weighted by atomic mass is 9.51. The summed E-state index contributed by atoms with van der Waals surface area (Å²) < 4.78 is 0. The lowest BCUT2D eigenvalue weighted by Crippen LogP contribution is -2.44. The smallest absolute Gasteiger partial charge is 0.143 e. The molecule has 4 aliphatic carbocycles. The maximum Gasteiger partial charge on any atom is 0.143 e. The van der Waals surface area contributed by atoms with Crippen LogP contribution in [0.25, 0.3) is 0 Å². The highest BCUT2D eigenvalue weighted by Crippen LogP contribution is 2.59. The highest BCUT2D eigenvalue weighted by molar-refractivity contribution is 5.35. The minimum atomic E-state index is 0.583. The molecule has 4 heteroatoms. The van der Waals surface area contributed by atoms with Crippen molar-refractivity contribution < 1.29 is 0 Å². The average Bonchev–Trinajstić information content (AvgIpc) is 2.36. The summed E-state index contributed by atoms with van der Waals surface area (Å²) in [5.74, 6) is 11.5. The zero-order valence-corrected chi connectivity index (χ0v) is 11.5. The Morgan fingerprint density at radius 2 is 1.68 bits per heavy atom. The van der Waals surface area contributed by atoms with E-state index in [1.807, 2.05) is 13.0 Å². The topological polar surface area (TPSA) is 63.8 Å². The van der Waals surface area contributed by atoms with Crippen LogP contribution in [0.1, 0.15) is 49.5 Å². The summed E-state index contributed by atoms with van der Waals surface area (Å²) in [5, 5.41) is 0. The Bertz CT molecular complexity index is 471. The van der Waals surface area contributed by atoms with Gasteiger partial charge in [0.2, 0.25) is 0 Å². The van der Waals surface area contributed by atoms with Gasteiger partial charge in [0.1, 0.15) is 11.6 Å². The van der Waals surface area contributed by atoms with Crippen molar-refractivity contribution in [1.29, 1.82) is 0 Å². The zero-order valence-electron chi connectivity index (χ0n) is 11.5. The zero-order chi connectivity index (χ0) is 13.0. The molecule has 1 aromatic heterocycles. The number of nitrogen functional groups attached to an aromatic ring is 1. The van der Waals surface area contributed by atoms with Crippen LogP contribution in [-0.4, -0.2) is 9.97 Å². The van der Waals surface area contributed by atoms with Crippen molar-refractivity contribution in [2.75, 3.05) is 5.43 Å². The van der Waals surface area contributed by atoms with Crippen LogP contribution in [0.4, 0.5) is 5.82 Å². The molecule has 19 heavy (non-hydrogen) atoms. The first-order valence-corrected chi connectivity index (χ1v) is 7.55. The van der Waals surface area contributed by atoms with Crippen molar-refractivity contribution in [3.8, 4) is 0 Å². The standard InChI is InChI=1S/C15H22N4/c1-8-2-13(19-16)18-15(17-8)14-11-4-9-3-10(6-11)7-12(14)5-9/h2,9-12,14H,3-7,16H2,1H3,(H,17,18,19). The minimum absolute atomic E-state index is 0.583. The molecule has 4 fully saturated rings. The second-order valence-corrected chi connectivity index (χ2v) is 6.85. The van der Waals surface area contributed by atoms with Crippen molar-refractivity contribution >= 4 is 5.82 Å². The third-order valence-corrected chi connectivity index (χ3v) is 5.54. The number of aromatic nitrogens is 2. The monoisotopic (exact) mass is 258 g/mol. The first-order valence-electron chi connectivity index (χ1n) is 7.55. The molecule has 1 aromatic rings. The van der Waals surface area contributed by atoms with Crippen molar-refractivity contribution in [2.45, 2.75) is 44.9 Å². The summed E-state index contributed by atoms with van der Waals surface area (Å²) in [6, 6.07) is 1.92. The van der Waals surface area contributed by atoms with Gasteiger partial charge in [0, 0.05) is 17.7 Å². The van der Waals surface area contributed by atoms with E-state index in [1.165, 1.54) is 32.1 Å². The molecule has 0 aliphatic heterocycles. The van der Waals surface area contributed by atoms with Gasteiger partial charge in [-0.1, -0.05) is 0 Å². The molecular weight excluding hydrogens is 236 g/mol. The summed E-state index contributed by atoms with van der Waals surface area (Å²) in [7, 11) is 0. The highest BCUT2D eigenvalue weighted by atomic mass is 15.3. The number of nitrogens with one attached hydrogen (secondary N) is 1. The molecule has 0 radical (unpaired) electrons. The third kappa shape index (κ3) is 1.84. The second kappa shape index (κ2) is 4.17. The fourth-order valence-electron chi connectivity index (χ4n) is 5.16. The largest absolute Gasteiger partial charge is 0.308 e. The van der Waals surface area contributed by atoms with Crippen LogP contribution in [0, 0.1) is 30.6 Å².